The van der Waals surface area contributed by atoms with Crippen molar-refractivity contribution in [1.29, 1.82) is 0 Å². The number of pyridine rings is 1. The zero-order valence-corrected chi connectivity index (χ0v) is 18.4. The molecule has 0 spiro atoms. The van der Waals surface area contributed by atoms with Gasteiger partial charge in [0.2, 0.25) is 15.9 Å². The Hall–Kier alpha value is -2.75. The van der Waals surface area contributed by atoms with Crippen LogP contribution in [0.15, 0.2) is 71.1 Å². The van der Waals surface area contributed by atoms with Crippen LogP contribution in [0.4, 0.5) is 0 Å². The van der Waals surface area contributed by atoms with Gasteiger partial charge in [0, 0.05) is 24.0 Å². The van der Waals surface area contributed by atoms with E-state index in [1.165, 1.54) is 22.6 Å². The molecule has 3 heterocycles. The normalized spacial score (nSPS) is 15.5. The maximum Gasteiger partial charge on any atom is 0.258 e. The molecule has 0 radical (unpaired) electrons. The SMILES string of the molecule is O=C(COc1ccc(S(=O)(=O)N2CCCC2)cn1)N[C@@H](c1ccccc1)c1cccs1. The molecule has 2 aromatic heterocycles. The lowest BCUT2D eigenvalue weighted by atomic mass is 10.1. The standard InChI is InChI=1S/C22H23N3O4S2/c26-20(24-22(19-9-6-14-30-19)17-7-2-1-3-8-17)16-29-21-11-10-18(15-23-21)31(27,28)25-12-4-5-13-25/h1-3,6-11,14-15,22H,4-5,12-13,16H2,(H,24,26)/t22-/m0/s1. The van der Waals surface area contributed by atoms with Gasteiger partial charge < -0.3 is 10.1 Å². The zero-order chi connectivity index (χ0) is 21.7. The highest BCUT2D eigenvalue weighted by Gasteiger charge is 2.27. The van der Waals surface area contributed by atoms with Crippen molar-refractivity contribution in [3.8, 4) is 5.88 Å². The molecule has 1 amide bonds. The molecule has 4 rings (SSSR count). The molecule has 0 unspecified atom stereocenters. The summed E-state index contributed by atoms with van der Waals surface area (Å²) < 4.78 is 32.1. The Bertz CT molecular complexity index is 1100. The van der Waals surface area contributed by atoms with E-state index in [9.17, 15) is 13.2 Å². The molecule has 1 aliphatic rings. The van der Waals surface area contributed by atoms with Crippen LogP contribution in [0, 0.1) is 0 Å². The number of rotatable bonds is 8. The van der Waals surface area contributed by atoms with Crippen LogP contribution >= 0.6 is 11.3 Å². The number of amides is 1. The number of hydrogen-bond donors (Lipinski definition) is 1. The van der Waals surface area contributed by atoms with Gasteiger partial charge in [-0.1, -0.05) is 36.4 Å². The van der Waals surface area contributed by atoms with Gasteiger partial charge in [-0.05, 0) is 35.9 Å². The Kier molecular flexibility index (Phi) is 6.64. The predicted octanol–water partition coefficient (Wildman–Crippen LogP) is 3.21. The summed E-state index contributed by atoms with van der Waals surface area (Å²) in [4.78, 5) is 17.8. The third kappa shape index (κ3) is 5.12. The van der Waals surface area contributed by atoms with Crippen molar-refractivity contribution in [2.75, 3.05) is 19.7 Å². The van der Waals surface area contributed by atoms with Crippen LogP contribution in [0.2, 0.25) is 0 Å². The topological polar surface area (TPSA) is 88.6 Å². The molecule has 3 aromatic rings. The van der Waals surface area contributed by atoms with E-state index < -0.39 is 10.0 Å². The number of carbonyl (C=O) groups is 1. The van der Waals surface area contributed by atoms with Crippen molar-refractivity contribution in [2.45, 2.75) is 23.8 Å². The van der Waals surface area contributed by atoms with Crippen molar-refractivity contribution >= 4 is 27.3 Å². The van der Waals surface area contributed by atoms with Gasteiger partial charge in [0.05, 0.1) is 12.2 Å². The molecule has 1 fully saturated rings. The second-order valence-corrected chi connectivity index (χ2v) is 10.1. The van der Waals surface area contributed by atoms with Crippen LogP contribution in [0.3, 0.4) is 0 Å². The highest BCUT2D eigenvalue weighted by Crippen LogP contribution is 2.26. The van der Waals surface area contributed by atoms with E-state index >= 15 is 0 Å². The van der Waals surface area contributed by atoms with Crippen molar-refractivity contribution in [3.05, 3.63) is 76.6 Å². The van der Waals surface area contributed by atoms with Crippen LogP contribution < -0.4 is 10.1 Å². The maximum atomic E-state index is 12.6. The van der Waals surface area contributed by atoms with E-state index in [4.69, 9.17) is 4.74 Å². The summed E-state index contributed by atoms with van der Waals surface area (Å²) in [6.45, 7) is 0.848. The first-order valence-electron chi connectivity index (χ1n) is 10.0. The van der Waals surface area contributed by atoms with Crippen molar-refractivity contribution < 1.29 is 17.9 Å². The van der Waals surface area contributed by atoms with Gasteiger partial charge in [-0.25, -0.2) is 13.4 Å². The summed E-state index contributed by atoms with van der Waals surface area (Å²) in [5.41, 5.74) is 0.980. The average Bonchev–Trinajstić information content (AvgIpc) is 3.52. The summed E-state index contributed by atoms with van der Waals surface area (Å²) in [6, 6.07) is 16.3. The molecule has 162 valence electrons. The molecule has 0 bridgehead atoms. The molecule has 31 heavy (non-hydrogen) atoms. The quantitative estimate of drug-likeness (QED) is 0.561. The summed E-state index contributed by atoms with van der Waals surface area (Å²) >= 11 is 1.57. The first-order chi connectivity index (χ1) is 15.0. The molecule has 1 aromatic carbocycles. The summed E-state index contributed by atoms with van der Waals surface area (Å²) in [5, 5.41) is 4.96. The minimum Gasteiger partial charge on any atom is -0.468 e. The Morgan fingerprint density at radius 3 is 2.52 bits per heavy atom. The van der Waals surface area contributed by atoms with Gasteiger partial charge in [0.15, 0.2) is 6.61 Å². The fraction of sp³-hybridized carbons (Fsp3) is 0.273. The van der Waals surface area contributed by atoms with Crippen LogP contribution in [0.25, 0.3) is 0 Å². The van der Waals surface area contributed by atoms with Crippen LogP contribution in [0.5, 0.6) is 5.88 Å². The molecule has 1 saturated heterocycles. The molecule has 0 aliphatic carbocycles. The predicted molar refractivity (Wildman–Crippen MR) is 118 cm³/mol. The second-order valence-electron chi connectivity index (χ2n) is 7.16. The molecular formula is C22H23N3O4S2. The lowest BCUT2D eigenvalue weighted by Crippen LogP contribution is -2.33. The third-order valence-corrected chi connectivity index (χ3v) is 7.85. The largest absolute Gasteiger partial charge is 0.468 e. The van der Waals surface area contributed by atoms with Crippen LogP contribution in [-0.4, -0.2) is 43.3 Å². The molecule has 1 N–H and O–H groups in total. The monoisotopic (exact) mass is 457 g/mol. The number of carbonyl (C=O) groups excluding carboxylic acids is 1. The van der Waals surface area contributed by atoms with E-state index in [1.54, 1.807) is 11.3 Å². The van der Waals surface area contributed by atoms with Crippen molar-refractivity contribution in [2.24, 2.45) is 0 Å². The average molecular weight is 458 g/mol. The summed E-state index contributed by atoms with van der Waals surface area (Å²) in [7, 11) is -3.52. The van der Waals surface area contributed by atoms with E-state index in [0.29, 0.717) is 13.1 Å². The minimum atomic E-state index is -3.52. The number of nitrogens with one attached hydrogen (secondary N) is 1. The number of ether oxygens (including phenoxy) is 1. The number of nitrogens with zero attached hydrogens (tertiary/aromatic N) is 2. The van der Waals surface area contributed by atoms with Crippen molar-refractivity contribution in [1.82, 2.24) is 14.6 Å². The molecular weight excluding hydrogens is 434 g/mol. The molecule has 9 heteroatoms. The van der Waals surface area contributed by atoms with Gasteiger partial charge in [-0.3, -0.25) is 4.79 Å². The van der Waals surface area contributed by atoms with Gasteiger partial charge in [-0.15, -0.1) is 11.3 Å². The van der Waals surface area contributed by atoms with E-state index in [-0.39, 0.29) is 29.3 Å². The van der Waals surface area contributed by atoms with Gasteiger partial charge >= 0.3 is 0 Å². The van der Waals surface area contributed by atoms with Gasteiger partial charge in [0.1, 0.15) is 4.90 Å². The summed E-state index contributed by atoms with van der Waals surface area (Å²) in [5.74, 6) is -0.0966. The van der Waals surface area contributed by atoms with Crippen LogP contribution in [0.1, 0.15) is 29.3 Å². The number of benzene rings is 1. The Morgan fingerprint density at radius 2 is 1.87 bits per heavy atom. The first-order valence-corrected chi connectivity index (χ1v) is 12.3. The first kappa shape index (κ1) is 21.5. The summed E-state index contributed by atoms with van der Waals surface area (Å²) in [6.07, 6.45) is 3.02. The lowest BCUT2D eigenvalue weighted by molar-refractivity contribution is -0.123. The highest BCUT2D eigenvalue weighted by molar-refractivity contribution is 7.89. The highest BCUT2D eigenvalue weighted by atomic mass is 32.2. The van der Waals surface area contributed by atoms with E-state index in [2.05, 4.69) is 10.3 Å². The number of aromatic nitrogens is 1. The number of hydrogen-bond acceptors (Lipinski definition) is 6. The van der Waals surface area contributed by atoms with E-state index in [1.807, 2.05) is 47.8 Å². The van der Waals surface area contributed by atoms with Gasteiger partial charge in [-0.2, -0.15) is 4.31 Å². The number of sulfonamides is 1. The smallest absolute Gasteiger partial charge is 0.258 e. The van der Waals surface area contributed by atoms with E-state index in [0.717, 1.165) is 23.3 Å². The van der Waals surface area contributed by atoms with Gasteiger partial charge in [0.25, 0.3) is 5.91 Å². The Labute approximate surface area is 185 Å². The molecule has 1 atom stereocenters. The fourth-order valence-electron chi connectivity index (χ4n) is 3.44. The maximum absolute atomic E-state index is 12.6. The fourth-order valence-corrected chi connectivity index (χ4v) is 5.71. The lowest BCUT2D eigenvalue weighted by Gasteiger charge is -2.18. The van der Waals surface area contributed by atoms with Crippen LogP contribution in [-0.2, 0) is 14.8 Å². The minimum absolute atomic E-state index is 0.132. The molecule has 0 saturated carbocycles. The Balaban J connectivity index is 1.38. The Morgan fingerprint density at radius 1 is 1.10 bits per heavy atom. The third-order valence-electron chi connectivity index (χ3n) is 5.03. The van der Waals surface area contributed by atoms with Crippen molar-refractivity contribution in [3.63, 3.8) is 0 Å². The molecule has 1 aliphatic heterocycles. The zero-order valence-electron chi connectivity index (χ0n) is 16.8. The number of thiophene rings is 1. The second kappa shape index (κ2) is 9.59. The molecule has 7 nitrogen and oxygen atoms in total.